The van der Waals surface area contributed by atoms with Gasteiger partial charge in [-0.2, -0.15) is 0 Å². The number of hydrogen-bond acceptors (Lipinski definition) is 10. The van der Waals surface area contributed by atoms with Gasteiger partial charge in [-0.3, -0.25) is 20.2 Å². The fraction of sp³-hybridized carbons (Fsp3) is 0.542. The minimum atomic E-state index is -0.889. The molecule has 0 heterocycles. The molecule has 6 rings (SSSR count). The van der Waals surface area contributed by atoms with Gasteiger partial charge in [0.15, 0.2) is 0 Å². The Balaban J connectivity index is 1.09. The predicted molar refractivity (Wildman–Crippen MR) is 251 cm³/mol. The molecule has 2 aromatic rings. The van der Waals surface area contributed by atoms with Crippen LogP contribution in [0.1, 0.15) is 133 Å². The number of benzene rings is 2. The zero-order valence-corrected chi connectivity index (χ0v) is 40.2. The van der Waals surface area contributed by atoms with Gasteiger partial charge in [-0.25, -0.2) is 19.2 Å². The highest BCUT2D eigenvalue weighted by atomic mass is 16.6. The van der Waals surface area contributed by atoms with Crippen LogP contribution in [0.25, 0.3) is 5.57 Å². The minimum Gasteiger partial charge on any atom is -0.444 e. The molecule has 4 aliphatic carbocycles. The first-order valence-electron chi connectivity index (χ1n) is 22.1. The number of ether oxygens (including phenoxy) is 4. The monoisotopic (exact) mass is 914 g/mol. The van der Waals surface area contributed by atoms with Crippen LogP contribution in [0.4, 0.5) is 30.6 Å². The number of amides is 6. The molecule has 3 saturated carbocycles. The molecule has 2 aromatic carbocycles. The number of nitrogens with zero attached hydrogens (tertiary/aromatic N) is 2. The van der Waals surface area contributed by atoms with Crippen molar-refractivity contribution in [1.29, 1.82) is 0 Å². The third-order valence-corrected chi connectivity index (χ3v) is 10.4. The number of nitrogens with one attached hydrogen (secondary N) is 6. The second-order valence-electron chi connectivity index (χ2n) is 21.1. The molecule has 6 N–H and O–H groups in total. The van der Waals surface area contributed by atoms with E-state index in [4.69, 9.17) is 18.9 Å². The van der Waals surface area contributed by atoms with Crippen molar-refractivity contribution in [1.82, 2.24) is 21.3 Å². The fourth-order valence-corrected chi connectivity index (χ4v) is 7.64. The van der Waals surface area contributed by atoms with Crippen LogP contribution in [-0.2, 0) is 35.1 Å². The molecule has 4 aliphatic rings. The molecule has 0 aromatic heterocycles. The number of rotatable bonds is 8. The molecule has 358 valence electrons. The van der Waals surface area contributed by atoms with Gasteiger partial charge in [0.1, 0.15) is 22.4 Å². The summed E-state index contributed by atoms with van der Waals surface area (Å²) in [4.78, 5) is 84.5. The number of allylic oxidation sites excluding steroid dienone is 1. The first-order chi connectivity index (χ1) is 30.5. The Morgan fingerprint density at radius 3 is 1.44 bits per heavy atom. The Morgan fingerprint density at radius 2 is 1.02 bits per heavy atom. The zero-order valence-electron chi connectivity index (χ0n) is 40.2. The number of guanidine groups is 2. The molecular formula is C48H66N8O10. The van der Waals surface area contributed by atoms with E-state index in [0.29, 0.717) is 49.9 Å². The van der Waals surface area contributed by atoms with Crippen molar-refractivity contribution in [2.24, 2.45) is 20.8 Å². The molecule has 0 aliphatic heterocycles. The average molecular weight is 915 g/mol. The summed E-state index contributed by atoms with van der Waals surface area (Å²) < 4.78 is 21.2. The van der Waals surface area contributed by atoms with Gasteiger partial charge in [0, 0.05) is 24.0 Å². The van der Waals surface area contributed by atoms with Gasteiger partial charge in [-0.05, 0) is 163 Å². The lowest BCUT2D eigenvalue weighted by Crippen LogP contribution is -2.70. The van der Waals surface area contributed by atoms with Gasteiger partial charge in [-0.15, -0.1) is 9.98 Å². The van der Waals surface area contributed by atoms with Gasteiger partial charge in [0.25, 0.3) is 0 Å². The van der Waals surface area contributed by atoms with Crippen molar-refractivity contribution in [3.8, 4) is 0 Å². The van der Waals surface area contributed by atoms with Crippen molar-refractivity contribution in [2.45, 2.75) is 157 Å². The van der Waals surface area contributed by atoms with Gasteiger partial charge in [0.05, 0.1) is 10.8 Å². The Labute approximate surface area is 386 Å². The first-order valence-corrected chi connectivity index (χ1v) is 22.1. The summed E-state index contributed by atoms with van der Waals surface area (Å²) in [7, 11) is 0. The molecule has 18 heteroatoms. The highest BCUT2D eigenvalue weighted by molar-refractivity contribution is 6.05. The van der Waals surface area contributed by atoms with Gasteiger partial charge in [0.2, 0.25) is 23.7 Å². The predicted octanol–water partition coefficient (Wildman–Crippen LogP) is 8.68. The smallest absolute Gasteiger partial charge is 0.437 e. The highest BCUT2D eigenvalue weighted by Gasteiger charge is 2.74. The molecule has 3 fully saturated rings. The number of aliphatic imine (C=N–C) groups is 2. The Kier molecular flexibility index (Phi) is 15.0. The molecule has 66 heavy (non-hydrogen) atoms. The molecule has 2 bridgehead atoms. The normalized spacial score (nSPS) is 20.7. The third kappa shape index (κ3) is 15.1. The van der Waals surface area contributed by atoms with Crippen molar-refractivity contribution in [3.05, 3.63) is 65.7 Å². The van der Waals surface area contributed by atoms with Crippen LogP contribution in [-0.4, -0.2) is 76.6 Å². The second kappa shape index (κ2) is 19.6. The lowest BCUT2D eigenvalue weighted by atomic mass is 9.34. The van der Waals surface area contributed by atoms with Crippen molar-refractivity contribution < 1.29 is 47.7 Å². The fourth-order valence-electron chi connectivity index (χ4n) is 7.64. The van der Waals surface area contributed by atoms with Crippen molar-refractivity contribution >= 4 is 65.1 Å². The van der Waals surface area contributed by atoms with Crippen LogP contribution in [0.3, 0.4) is 0 Å². The maximum Gasteiger partial charge on any atom is 0.437 e. The summed E-state index contributed by atoms with van der Waals surface area (Å²) in [5.41, 5.74) is -0.0901. The highest BCUT2D eigenvalue weighted by Crippen LogP contribution is 2.73. The van der Waals surface area contributed by atoms with E-state index in [9.17, 15) is 28.8 Å². The van der Waals surface area contributed by atoms with Crippen LogP contribution in [0, 0.1) is 10.8 Å². The van der Waals surface area contributed by atoms with E-state index in [0.717, 1.165) is 16.7 Å². The van der Waals surface area contributed by atoms with E-state index in [-0.39, 0.29) is 36.3 Å². The first kappa shape index (κ1) is 50.5. The summed E-state index contributed by atoms with van der Waals surface area (Å²) in [5.74, 6) is -0.434. The Bertz CT molecular complexity index is 2240. The van der Waals surface area contributed by atoms with Crippen molar-refractivity contribution in [3.63, 3.8) is 0 Å². The van der Waals surface area contributed by atoms with Crippen molar-refractivity contribution in [2.75, 3.05) is 10.6 Å². The summed E-state index contributed by atoms with van der Waals surface area (Å²) in [6.07, 6.45) is 2.21. The summed E-state index contributed by atoms with van der Waals surface area (Å²) in [6.45, 7) is 20.8. The van der Waals surface area contributed by atoms with E-state index in [1.54, 1.807) is 107 Å². The topological polar surface area (TPSA) is 236 Å². The number of carbonyl (C=O) groups is 6. The number of hydrogen-bond donors (Lipinski definition) is 6. The summed E-state index contributed by atoms with van der Waals surface area (Å²) in [5, 5.41) is 17.1. The molecule has 0 radical (unpaired) electrons. The van der Waals surface area contributed by atoms with Gasteiger partial charge in [-0.1, -0.05) is 30.3 Å². The third-order valence-electron chi connectivity index (χ3n) is 10.4. The second-order valence-corrected chi connectivity index (χ2v) is 21.1. The molecule has 1 atom stereocenters. The van der Waals surface area contributed by atoms with E-state index < -0.39 is 57.6 Å². The van der Waals surface area contributed by atoms with Crippen LogP contribution in [0.5, 0.6) is 0 Å². The van der Waals surface area contributed by atoms with E-state index in [1.165, 1.54) is 0 Å². The zero-order chi connectivity index (χ0) is 48.9. The lowest BCUT2D eigenvalue weighted by molar-refractivity contribution is -0.201. The maximum atomic E-state index is 13.4. The quantitative estimate of drug-likeness (QED) is 0.0829. The molecule has 6 amide bonds. The van der Waals surface area contributed by atoms with Crippen LogP contribution in [0.15, 0.2) is 64.6 Å². The van der Waals surface area contributed by atoms with Gasteiger partial charge >= 0.3 is 24.4 Å². The van der Waals surface area contributed by atoms with Crippen LogP contribution >= 0.6 is 0 Å². The minimum absolute atomic E-state index is 0.0509. The Hall–Kier alpha value is -6.46. The van der Waals surface area contributed by atoms with E-state index in [2.05, 4.69) is 48.0 Å². The van der Waals surface area contributed by atoms with Crippen LogP contribution < -0.4 is 31.9 Å². The standard InChI is InChI=1S/C48H66N8O10/c1-43(2,3)63-39(59)53-37(54-40(60)64-44(4,5)6)49-25-29-13-19-32(20-14-29)50-35(57)47-26-48(27-47,28-47)36(58)51-33-21-15-30(16-22-33)31-17-23-34(24-18-31)52-38(55-41(61)65-45(7,8)9)56-42(62)66-46(10,11)12/h13-17,19-22,34H,18,23-28H2,1-12H3,(H,50,57)(H,51,58)(H2,49,53,54,59,60)(H2,52,55,56,61,62). The number of alkyl carbamates (subject to hydrolysis) is 2. The molecule has 18 nitrogen and oxygen atoms in total. The SMILES string of the molecule is CC(C)(C)OC(=O)/N=C(/NCc1ccc(NC(=O)C23CC(C(=O)Nc4ccc(C5=CCC(N/C(=N/C(=O)OC(C)(C)C)NC(=O)OC(C)(C)C)CC5)cc4)(C2)C3)cc1)NC(=O)OC(C)(C)C. The van der Waals surface area contributed by atoms with Crippen LogP contribution in [0.2, 0.25) is 0 Å². The molecular weight excluding hydrogens is 849 g/mol. The molecule has 0 saturated heterocycles. The molecule has 0 spiro atoms. The largest absolute Gasteiger partial charge is 0.444 e. The summed E-state index contributed by atoms with van der Waals surface area (Å²) in [6, 6.07) is 14.6. The Morgan fingerprint density at radius 1 is 0.591 bits per heavy atom. The summed E-state index contributed by atoms with van der Waals surface area (Å²) >= 11 is 0. The van der Waals surface area contributed by atoms with E-state index in [1.807, 2.05) is 24.3 Å². The number of carbonyl (C=O) groups excluding carboxylic acids is 6. The lowest BCUT2D eigenvalue weighted by Gasteiger charge is -2.67. The molecule has 1 unspecified atom stereocenters. The van der Waals surface area contributed by atoms with Gasteiger partial charge < -0.3 is 40.2 Å². The van der Waals surface area contributed by atoms with E-state index >= 15 is 0 Å². The number of anilines is 2. The average Bonchev–Trinajstić information content (AvgIpc) is 3.11. The maximum absolute atomic E-state index is 13.4.